The highest BCUT2D eigenvalue weighted by molar-refractivity contribution is 6.30. The van der Waals surface area contributed by atoms with Crippen LogP contribution in [-0.4, -0.2) is 9.78 Å². The minimum atomic E-state index is 0.493. The molecule has 2 aromatic rings. The van der Waals surface area contributed by atoms with E-state index in [-0.39, 0.29) is 0 Å². The van der Waals surface area contributed by atoms with Gasteiger partial charge in [-0.1, -0.05) is 23.7 Å². The Labute approximate surface area is 93.5 Å². The van der Waals surface area contributed by atoms with Crippen molar-refractivity contribution in [2.75, 3.05) is 0 Å². The molecular formula is C11H12ClN3. The number of benzene rings is 1. The molecular weight excluding hydrogens is 210 g/mol. The van der Waals surface area contributed by atoms with Gasteiger partial charge in [0.05, 0.1) is 16.9 Å². The maximum absolute atomic E-state index is 5.83. The zero-order valence-electron chi connectivity index (χ0n) is 8.44. The Kier molecular flexibility index (Phi) is 2.75. The third-order valence-electron chi connectivity index (χ3n) is 2.26. The van der Waals surface area contributed by atoms with Crippen LogP contribution in [-0.2, 0) is 6.54 Å². The van der Waals surface area contributed by atoms with Gasteiger partial charge in [0, 0.05) is 12.7 Å². The first-order valence-corrected chi connectivity index (χ1v) is 5.08. The normalized spacial score (nSPS) is 10.6. The Morgan fingerprint density at radius 3 is 2.87 bits per heavy atom. The number of hydrogen-bond acceptors (Lipinski definition) is 2. The molecule has 0 aliphatic heterocycles. The zero-order chi connectivity index (χ0) is 10.8. The number of aryl methyl sites for hydroxylation is 1. The Morgan fingerprint density at radius 2 is 2.27 bits per heavy atom. The van der Waals surface area contributed by atoms with E-state index in [1.165, 1.54) is 5.56 Å². The lowest BCUT2D eigenvalue weighted by molar-refractivity contribution is 0.857. The molecule has 0 radical (unpaired) electrons. The van der Waals surface area contributed by atoms with E-state index < -0.39 is 0 Å². The summed E-state index contributed by atoms with van der Waals surface area (Å²) >= 11 is 5.83. The number of rotatable bonds is 2. The summed E-state index contributed by atoms with van der Waals surface area (Å²) in [5.41, 5.74) is 8.89. The van der Waals surface area contributed by atoms with Gasteiger partial charge < -0.3 is 5.73 Å². The summed E-state index contributed by atoms with van der Waals surface area (Å²) < 4.78 is 1.75. The second kappa shape index (κ2) is 4.04. The topological polar surface area (TPSA) is 43.8 Å². The quantitative estimate of drug-likeness (QED) is 0.846. The van der Waals surface area contributed by atoms with Crippen LogP contribution in [0, 0.1) is 6.92 Å². The monoisotopic (exact) mass is 221 g/mol. The number of nitrogens with two attached hydrogens (primary N) is 1. The van der Waals surface area contributed by atoms with Gasteiger partial charge in [0.25, 0.3) is 0 Å². The first-order chi connectivity index (χ1) is 7.20. The minimum absolute atomic E-state index is 0.493. The molecule has 0 fully saturated rings. The van der Waals surface area contributed by atoms with Gasteiger partial charge in [0.15, 0.2) is 0 Å². The molecule has 1 heterocycles. The lowest BCUT2D eigenvalue weighted by Gasteiger charge is -2.08. The second-order valence-corrected chi connectivity index (χ2v) is 3.88. The van der Waals surface area contributed by atoms with E-state index in [9.17, 15) is 0 Å². The van der Waals surface area contributed by atoms with Crippen LogP contribution in [0.1, 0.15) is 11.1 Å². The highest BCUT2D eigenvalue weighted by atomic mass is 35.5. The van der Waals surface area contributed by atoms with Gasteiger partial charge in [-0.3, -0.25) is 0 Å². The van der Waals surface area contributed by atoms with Crippen LogP contribution >= 0.6 is 11.6 Å². The van der Waals surface area contributed by atoms with E-state index >= 15 is 0 Å². The Hall–Kier alpha value is -1.32. The third kappa shape index (κ3) is 2.03. The molecule has 0 amide bonds. The van der Waals surface area contributed by atoms with Crippen molar-refractivity contribution in [1.82, 2.24) is 9.78 Å². The fourth-order valence-electron chi connectivity index (χ4n) is 1.49. The van der Waals surface area contributed by atoms with Crippen molar-refractivity contribution in [1.29, 1.82) is 0 Å². The summed E-state index contributed by atoms with van der Waals surface area (Å²) in [5, 5.41) is 4.79. The minimum Gasteiger partial charge on any atom is -0.326 e. The van der Waals surface area contributed by atoms with E-state index in [0.29, 0.717) is 11.6 Å². The molecule has 0 aliphatic carbocycles. The van der Waals surface area contributed by atoms with Gasteiger partial charge >= 0.3 is 0 Å². The molecule has 2 N–H and O–H groups in total. The average molecular weight is 222 g/mol. The first-order valence-electron chi connectivity index (χ1n) is 4.71. The summed E-state index contributed by atoms with van der Waals surface area (Å²) in [6, 6.07) is 6.10. The molecule has 1 aromatic carbocycles. The molecule has 0 saturated carbocycles. The van der Waals surface area contributed by atoms with Gasteiger partial charge in [-0.05, 0) is 24.1 Å². The maximum Gasteiger partial charge on any atom is 0.0790 e. The van der Waals surface area contributed by atoms with Crippen LogP contribution < -0.4 is 5.73 Å². The average Bonchev–Trinajstić information content (AvgIpc) is 2.65. The second-order valence-electron chi connectivity index (χ2n) is 3.44. The lowest BCUT2D eigenvalue weighted by Crippen LogP contribution is -2.05. The van der Waals surface area contributed by atoms with E-state index in [2.05, 4.69) is 5.10 Å². The Morgan fingerprint density at radius 1 is 1.47 bits per heavy atom. The summed E-state index contributed by atoms with van der Waals surface area (Å²) in [6.07, 6.45) is 3.39. The predicted molar refractivity (Wildman–Crippen MR) is 61.2 cm³/mol. The number of aromatic nitrogens is 2. The highest BCUT2D eigenvalue weighted by Gasteiger charge is 2.05. The SMILES string of the molecule is Cc1ccc(CN)c(-n2cc(Cl)cn2)c1. The van der Waals surface area contributed by atoms with Gasteiger partial charge in [0.1, 0.15) is 0 Å². The van der Waals surface area contributed by atoms with Crippen molar-refractivity contribution in [2.24, 2.45) is 5.73 Å². The van der Waals surface area contributed by atoms with E-state index in [0.717, 1.165) is 11.3 Å². The smallest absolute Gasteiger partial charge is 0.0790 e. The molecule has 15 heavy (non-hydrogen) atoms. The van der Waals surface area contributed by atoms with Crippen LogP contribution in [0.4, 0.5) is 0 Å². The largest absolute Gasteiger partial charge is 0.326 e. The molecule has 2 rings (SSSR count). The molecule has 3 nitrogen and oxygen atoms in total. The van der Waals surface area contributed by atoms with Gasteiger partial charge in [0.2, 0.25) is 0 Å². The molecule has 0 bridgehead atoms. The van der Waals surface area contributed by atoms with Crippen molar-refractivity contribution < 1.29 is 0 Å². The third-order valence-corrected chi connectivity index (χ3v) is 2.45. The summed E-state index contributed by atoms with van der Waals surface area (Å²) in [4.78, 5) is 0. The number of hydrogen-bond donors (Lipinski definition) is 1. The van der Waals surface area contributed by atoms with Crippen LogP contribution in [0.3, 0.4) is 0 Å². The van der Waals surface area contributed by atoms with Gasteiger partial charge in [-0.2, -0.15) is 5.10 Å². The van der Waals surface area contributed by atoms with Crippen LogP contribution in [0.25, 0.3) is 5.69 Å². The summed E-state index contributed by atoms with van der Waals surface area (Å²) in [5.74, 6) is 0. The van der Waals surface area contributed by atoms with Crippen LogP contribution in [0.15, 0.2) is 30.6 Å². The van der Waals surface area contributed by atoms with Gasteiger partial charge in [-0.25, -0.2) is 4.68 Å². The molecule has 0 saturated heterocycles. The Balaban J connectivity index is 2.55. The van der Waals surface area contributed by atoms with Gasteiger partial charge in [-0.15, -0.1) is 0 Å². The summed E-state index contributed by atoms with van der Waals surface area (Å²) in [6.45, 7) is 2.53. The van der Waals surface area contributed by atoms with Crippen molar-refractivity contribution >= 4 is 11.6 Å². The van der Waals surface area contributed by atoms with Crippen LogP contribution in [0.2, 0.25) is 5.02 Å². The lowest BCUT2D eigenvalue weighted by atomic mass is 10.1. The Bertz CT molecular complexity index is 476. The molecule has 78 valence electrons. The fraction of sp³-hybridized carbons (Fsp3) is 0.182. The number of nitrogens with zero attached hydrogens (tertiary/aromatic N) is 2. The van der Waals surface area contributed by atoms with E-state index in [4.69, 9.17) is 17.3 Å². The van der Waals surface area contributed by atoms with Crippen molar-refractivity contribution in [3.8, 4) is 5.69 Å². The van der Waals surface area contributed by atoms with Crippen molar-refractivity contribution in [3.05, 3.63) is 46.7 Å². The van der Waals surface area contributed by atoms with E-state index in [1.807, 2.05) is 25.1 Å². The van der Waals surface area contributed by atoms with Crippen molar-refractivity contribution in [3.63, 3.8) is 0 Å². The summed E-state index contributed by atoms with van der Waals surface area (Å²) in [7, 11) is 0. The highest BCUT2D eigenvalue weighted by Crippen LogP contribution is 2.17. The van der Waals surface area contributed by atoms with E-state index in [1.54, 1.807) is 17.1 Å². The maximum atomic E-state index is 5.83. The molecule has 1 aromatic heterocycles. The number of halogens is 1. The molecule has 0 unspecified atom stereocenters. The van der Waals surface area contributed by atoms with Crippen LogP contribution in [0.5, 0.6) is 0 Å². The molecule has 4 heteroatoms. The standard InChI is InChI=1S/C11H12ClN3/c1-8-2-3-9(5-13)11(4-8)15-7-10(12)6-14-15/h2-4,6-7H,5,13H2,1H3. The molecule has 0 spiro atoms. The first kappa shape index (κ1) is 10.2. The predicted octanol–water partition coefficient (Wildman–Crippen LogP) is 2.29. The molecule has 0 atom stereocenters. The fourth-order valence-corrected chi connectivity index (χ4v) is 1.63. The zero-order valence-corrected chi connectivity index (χ0v) is 9.20. The molecule has 0 aliphatic rings. The van der Waals surface area contributed by atoms with Crippen molar-refractivity contribution in [2.45, 2.75) is 13.5 Å².